The third-order valence-corrected chi connectivity index (χ3v) is 5.14. The molecular weight excluding hydrogens is 326 g/mol. The van der Waals surface area contributed by atoms with E-state index in [0.717, 1.165) is 18.4 Å². The van der Waals surface area contributed by atoms with Gasteiger partial charge in [-0.15, -0.1) is 11.3 Å². The summed E-state index contributed by atoms with van der Waals surface area (Å²) in [6.45, 7) is 3.30. The molecule has 0 bridgehead atoms. The molecule has 4 heterocycles. The lowest BCUT2D eigenvalue weighted by atomic mass is 10.2. The molecule has 1 amide bonds. The summed E-state index contributed by atoms with van der Waals surface area (Å²) in [5.74, 6) is -0.237. The zero-order chi connectivity index (χ0) is 16.7. The minimum Gasteiger partial charge on any atom is -0.334 e. The van der Waals surface area contributed by atoms with Crippen molar-refractivity contribution in [3.63, 3.8) is 0 Å². The summed E-state index contributed by atoms with van der Waals surface area (Å²) in [6.07, 6.45) is 8.69. The normalized spacial score (nSPS) is 17.7. The monoisotopic (exact) mass is 343 g/mol. The highest BCUT2D eigenvalue weighted by Crippen LogP contribution is 2.21. The third-order valence-electron chi connectivity index (χ3n) is 4.37. The molecule has 24 heavy (non-hydrogen) atoms. The molecule has 7 nitrogen and oxygen atoms in total. The topological polar surface area (TPSA) is 72.5 Å². The number of thiazole rings is 1. The number of aromatic nitrogens is 4. The fourth-order valence-electron chi connectivity index (χ4n) is 3.20. The molecule has 4 rings (SSSR count). The summed E-state index contributed by atoms with van der Waals surface area (Å²) in [7, 11) is 0. The Morgan fingerprint density at radius 1 is 1.42 bits per heavy atom. The Morgan fingerprint density at radius 2 is 2.29 bits per heavy atom. The number of nitrogens with zero attached hydrogens (tertiary/aromatic N) is 5. The van der Waals surface area contributed by atoms with Crippen LogP contribution in [0.25, 0.3) is 4.96 Å². The first kappa shape index (κ1) is 15.1. The van der Waals surface area contributed by atoms with Crippen molar-refractivity contribution in [1.29, 1.82) is 0 Å². The number of amides is 1. The first-order valence-corrected chi connectivity index (χ1v) is 8.76. The molecule has 0 saturated carbocycles. The second-order valence-electron chi connectivity index (χ2n) is 6.07. The smallest absolute Gasteiger partial charge is 0.271 e. The van der Waals surface area contributed by atoms with Crippen molar-refractivity contribution in [3.05, 3.63) is 51.6 Å². The van der Waals surface area contributed by atoms with Gasteiger partial charge in [0.1, 0.15) is 5.56 Å². The van der Waals surface area contributed by atoms with E-state index in [4.69, 9.17) is 0 Å². The first-order chi connectivity index (χ1) is 11.6. The Hall–Kier alpha value is -2.48. The molecule has 3 aromatic rings. The molecule has 1 atom stereocenters. The summed E-state index contributed by atoms with van der Waals surface area (Å²) < 4.78 is 3.29. The van der Waals surface area contributed by atoms with Gasteiger partial charge in [0.15, 0.2) is 4.96 Å². The molecule has 0 radical (unpaired) electrons. The van der Waals surface area contributed by atoms with Crippen LogP contribution in [-0.2, 0) is 6.54 Å². The summed E-state index contributed by atoms with van der Waals surface area (Å²) in [5.41, 5.74) is 0.928. The summed E-state index contributed by atoms with van der Waals surface area (Å²) in [5, 5.41) is 6.09. The molecule has 0 spiro atoms. The van der Waals surface area contributed by atoms with Crippen molar-refractivity contribution in [3.8, 4) is 0 Å². The molecule has 0 N–H and O–H groups in total. The van der Waals surface area contributed by atoms with Gasteiger partial charge in [-0.2, -0.15) is 5.10 Å². The number of hydrogen-bond acceptors (Lipinski definition) is 5. The Labute approximate surface area is 142 Å². The lowest BCUT2D eigenvalue weighted by molar-refractivity contribution is 0.0719. The molecule has 8 heteroatoms. The molecule has 1 aliphatic rings. The lowest BCUT2D eigenvalue weighted by Gasteiger charge is -2.24. The zero-order valence-corrected chi connectivity index (χ0v) is 14.1. The van der Waals surface area contributed by atoms with E-state index in [-0.39, 0.29) is 23.1 Å². The number of hydrogen-bond donors (Lipinski definition) is 0. The molecule has 1 aliphatic heterocycles. The third kappa shape index (κ3) is 2.52. The molecular formula is C16H17N5O2S. The number of fused-ring (bicyclic) bond motifs is 1. The van der Waals surface area contributed by atoms with Crippen LogP contribution in [0.1, 0.15) is 28.8 Å². The van der Waals surface area contributed by atoms with Crippen molar-refractivity contribution in [1.82, 2.24) is 24.1 Å². The van der Waals surface area contributed by atoms with Crippen molar-refractivity contribution in [2.75, 3.05) is 6.54 Å². The standard InChI is InChI=1S/C16H17N5O2S/c1-11-7-18-19(9-11)10-12-3-2-4-20(12)14(22)13-8-17-16-21(15(13)23)5-6-24-16/h5-9,12H,2-4,10H2,1H3. The Balaban J connectivity index is 1.62. The quantitative estimate of drug-likeness (QED) is 0.723. The molecule has 1 saturated heterocycles. The van der Waals surface area contributed by atoms with Crippen molar-refractivity contribution in [2.45, 2.75) is 32.4 Å². The van der Waals surface area contributed by atoms with E-state index < -0.39 is 0 Å². The van der Waals surface area contributed by atoms with Crippen LogP contribution in [0.3, 0.4) is 0 Å². The minimum atomic E-state index is -0.299. The highest BCUT2D eigenvalue weighted by Gasteiger charge is 2.31. The van der Waals surface area contributed by atoms with Crippen LogP contribution in [0, 0.1) is 6.92 Å². The number of likely N-dealkylation sites (tertiary alicyclic amines) is 1. The number of aryl methyl sites for hydroxylation is 1. The van der Waals surface area contributed by atoms with Gasteiger partial charge in [0.25, 0.3) is 11.5 Å². The summed E-state index contributed by atoms with van der Waals surface area (Å²) in [4.78, 5) is 32.0. The van der Waals surface area contributed by atoms with Gasteiger partial charge in [0, 0.05) is 30.5 Å². The van der Waals surface area contributed by atoms with Crippen LogP contribution in [0.2, 0.25) is 0 Å². The zero-order valence-electron chi connectivity index (χ0n) is 13.3. The van der Waals surface area contributed by atoms with Gasteiger partial charge in [-0.25, -0.2) is 4.98 Å². The van der Waals surface area contributed by atoms with E-state index in [1.54, 1.807) is 16.5 Å². The van der Waals surface area contributed by atoms with Crippen LogP contribution in [0.4, 0.5) is 0 Å². The Kier molecular flexibility index (Phi) is 3.68. The van der Waals surface area contributed by atoms with Crippen LogP contribution in [-0.4, -0.2) is 42.6 Å². The molecule has 1 fully saturated rings. The van der Waals surface area contributed by atoms with E-state index in [1.165, 1.54) is 21.9 Å². The van der Waals surface area contributed by atoms with E-state index >= 15 is 0 Å². The molecule has 3 aromatic heterocycles. The van der Waals surface area contributed by atoms with E-state index in [0.29, 0.717) is 18.1 Å². The fraction of sp³-hybridized carbons (Fsp3) is 0.375. The maximum atomic E-state index is 12.9. The van der Waals surface area contributed by atoms with Crippen molar-refractivity contribution < 1.29 is 4.79 Å². The van der Waals surface area contributed by atoms with Crippen molar-refractivity contribution in [2.24, 2.45) is 0 Å². The highest BCUT2D eigenvalue weighted by atomic mass is 32.1. The second-order valence-corrected chi connectivity index (χ2v) is 6.94. The number of carbonyl (C=O) groups excluding carboxylic acids is 1. The molecule has 1 unspecified atom stereocenters. The summed E-state index contributed by atoms with van der Waals surface area (Å²) in [6, 6.07) is 0.0550. The summed E-state index contributed by atoms with van der Waals surface area (Å²) >= 11 is 1.37. The van der Waals surface area contributed by atoms with Gasteiger partial charge in [0.05, 0.1) is 18.8 Å². The largest absolute Gasteiger partial charge is 0.334 e. The Bertz CT molecular complexity index is 957. The number of carbonyl (C=O) groups is 1. The first-order valence-electron chi connectivity index (χ1n) is 7.88. The van der Waals surface area contributed by atoms with Crippen LogP contribution in [0.15, 0.2) is 35.0 Å². The SMILES string of the molecule is Cc1cnn(CC2CCCN2C(=O)c2cnc3sccn3c2=O)c1. The maximum Gasteiger partial charge on any atom is 0.271 e. The lowest BCUT2D eigenvalue weighted by Crippen LogP contribution is -2.40. The van der Waals surface area contributed by atoms with Crippen LogP contribution < -0.4 is 5.56 Å². The van der Waals surface area contributed by atoms with Gasteiger partial charge >= 0.3 is 0 Å². The van der Waals surface area contributed by atoms with Gasteiger partial charge in [-0.1, -0.05) is 0 Å². The predicted molar refractivity (Wildman–Crippen MR) is 90.4 cm³/mol. The van der Waals surface area contributed by atoms with E-state index in [1.807, 2.05) is 24.0 Å². The van der Waals surface area contributed by atoms with Crippen molar-refractivity contribution >= 4 is 22.2 Å². The minimum absolute atomic E-state index is 0.0550. The van der Waals surface area contributed by atoms with Gasteiger partial charge in [-0.3, -0.25) is 18.7 Å². The second kappa shape index (κ2) is 5.86. The van der Waals surface area contributed by atoms with Gasteiger partial charge in [-0.05, 0) is 25.3 Å². The highest BCUT2D eigenvalue weighted by molar-refractivity contribution is 7.15. The van der Waals surface area contributed by atoms with Gasteiger partial charge in [0.2, 0.25) is 0 Å². The fourth-order valence-corrected chi connectivity index (χ4v) is 3.88. The molecule has 124 valence electrons. The van der Waals surface area contributed by atoms with Crippen LogP contribution >= 0.6 is 11.3 Å². The average molecular weight is 343 g/mol. The van der Waals surface area contributed by atoms with E-state index in [9.17, 15) is 9.59 Å². The number of rotatable bonds is 3. The average Bonchev–Trinajstić information content (AvgIpc) is 3.28. The van der Waals surface area contributed by atoms with Crippen LogP contribution in [0.5, 0.6) is 0 Å². The Morgan fingerprint density at radius 3 is 3.08 bits per heavy atom. The molecule has 0 aliphatic carbocycles. The van der Waals surface area contributed by atoms with Gasteiger partial charge < -0.3 is 4.90 Å². The van der Waals surface area contributed by atoms with E-state index in [2.05, 4.69) is 10.1 Å². The molecule has 0 aromatic carbocycles. The maximum absolute atomic E-state index is 12.9. The predicted octanol–water partition coefficient (Wildman–Crippen LogP) is 1.57.